The number of nitrogens with zero attached hydrogens (tertiary/aromatic N) is 3. The summed E-state index contributed by atoms with van der Waals surface area (Å²) in [6.45, 7) is 4.39. The van der Waals surface area contributed by atoms with Crippen molar-refractivity contribution in [3.8, 4) is 17.6 Å². The lowest BCUT2D eigenvalue weighted by Gasteiger charge is -2.15. The normalized spacial score (nSPS) is 13.3. The number of thioether (sulfide) groups is 1. The van der Waals surface area contributed by atoms with Gasteiger partial charge in [0.2, 0.25) is 12.7 Å². The summed E-state index contributed by atoms with van der Waals surface area (Å²) in [7, 11) is 0. The number of carbonyl (C=O) groups is 1. The molecular formula is C24H20N4O3S. The molecule has 32 heavy (non-hydrogen) atoms. The van der Waals surface area contributed by atoms with Gasteiger partial charge in [0, 0.05) is 6.54 Å². The highest BCUT2D eigenvalue weighted by atomic mass is 32.2. The van der Waals surface area contributed by atoms with E-state index >= 15 is 0 Å². The van der Waals surface area contributed by atoms with E-state index in [-0.39, 0.29) is 18.0 Å². The van der Waals surface area contributed by atoms with E-state index in [2.05, 4.69) is 16.4 Å². The predicted octanol–water partition coefficient (Wildman–Crippen LogP) is 4.19. The van der Waals surface area contributed by atoms with Crippen LogP contribution in [0.15, 0.2) is 53.6 Å². The van der Waals surface area contributed by atoms with Gasteiger partial charge in [-0.1, -0.05) is 30.0 Å². The van der Waals surface area contributed by atoms with Crippen molar-refractivity contribution in [2.24, 2.45) is 0 Å². The van der Waals surface area contributed by atoms with Crippen molar-refractivity contribution in [2.75, 3.05) is 6.79 Å². The van der Waals surface area contributed by atoms with E-state index in [4.69, 9.17) is 9.47 Å². The number of benzene rings is 2. The number of pyridine rings is 1. The molecule has 160 valence electrons. The van der Waals surface area contributed by atoms with Gasteiger partial charge >= 0.3 is 0 Å². The summed E-state index contributed by atoms with van der Waals surface area (Å²) < 4.78 is 12.7. The number of carbonyl (C=O) groups excluding carboxylic acids is 1. The number of nitriles is 1. The zero-order chi connectivity index (χ0) is 22.2. The standard InChI is InChI=1S/C24H20N4O3S/c1-14-9-22(28-19-6-4-3-5-18(19)27-23(28)17(14)11-25)32-15(2)24(29)26-12-16-7-8-20-21(10-16)31-13-30-20/h3-10,15H,12-13H2,1-2H3,(H,26,29)/t15-/m0/s1. The van der Waals surface area contributed by atoms with Crippen LogP contribution in [0.2, 0.25) is 0 Å². The zero-order valence-electron chi connectivity index (χ0n) is 17.6. The van der Waals surface area contributed by atoms with Gasteiger partial charge in [0.1, 0.15) is 6.07 Å². The molecule has 0 spiro atoms. The Morgan fingerprint density at radius 3 is 2.91 bits per heavy atom. The SMILES string of the molecule is Cc1cc(S[C@@H](C)C(=O)NCc2ccc3c(c2)OCO3)n2c(nc3ccccc32)c1C#N. The molecule has 0 unspecified atom stereocenters. The largest absolute Gasteiger partial charge is 0.454 e. The minimum absolute atomic E-state index is 0.0766. The Morgan fingerprint density at radius 2 is 2.06 bits per heavy atom. The fourth-order valence-electron chi connectivity index (χ4n) is 3.76. The van der Waals surface area contributed by atoms with E-state index in [1.807, 2.05) is 66.8 Å². The van der Waals surface area contributed by atoms with E-state index in [1.54, 1.807) is 0 Å². The van der Waals surface area contributed by atoms with Gasteiger partial charge in [-0.25, -0.2) is 4.98 Å². The van der Waals surface area contributed by atoms with Crippen LogP contribution in [-0.4, -0.2) is 27.3 Å². The first-order chi connectivity index (χ1) is 15.5. The molecule has 2 aromatic heterocycles. The molecule has 0 saturated carbocycles. The van der Waals surface area contributed by atoms with Gasteiger partial charge < -0.3 is 14.8 Å². The Morgan fingerprint density at radius 1 is 1.25 bits per heavy atom. The lowest BCUT2D eigenvalue weighted by atomic mass is 10.2. The van der Waals surface area contributed by atoms with Crippen LogP contribution in [-0.2, 0) is 11.3 Å². The molecule has 0 fully saturated rings. The molecule has 0 bridgehead atoms. The highest BCUT2D eigenvalue weighted by Gasteiger charge is 2.20. The summed E-state index contributed by atoms with van der Waals surface area (Å²) in [6, 6.07) is 17.6. The lowest BCUT2D eigenvalue weighted by molar-refractivity contribution is -0.120. The highest BCUT2D eigenvalue weighted by molar-refractivity contribution is 8.00. The fraction of sp³-hybridized carbons (Fsp3) is 0.208. The number of rotatable bonds is 5. The molecule has 1 aliphatic heterocycles. The minimum Gasteiger partial charge on any atom is -0.454 e. The monoisotopic (exact) mass is 444 g/mol. The maximum Gasteiger partial charge on any atom is 0.233 e. The van der Waals surface area contributed by atoms with E-state index in [0.29, 0.717) is 23.5 Å². The summed E-state index contributed by atoms with van der Waals surface area (Å²) in [5.74, 6) is 1.34. The van der Waals surface area contributed by atoms with Crippen LogP contribution in [0, 0.1) is 18.3 Å². The maximum absolute atomic E-state index is 12.8. The van der Waals surface area contributed by atoms with Crippen LogP contribution in [0.5, 0.6) is 11.5 Å². The highest BCUT2D eigenvalue weighted by Crippen LogP contribution is 2.33. The average Bonchev–Trinajstić information content (AvgIpc) is 3.41. The molecule has 0 saturated heterocycles. The molecule has 2 aromatic carbocycles. The molecule has 3 heterocycles. The second-order valence-corrected chi connectivity index (χ2v) is 8.94. The van der Waals surface area contributed by atoms with Crippen molar-refractivity contribution >= 4 is 34.3 Å². The summed E-state index contributed by atoms with van der Waals surface area (Å²) in [4.78, 5) is 17.5. The molecule has 1 amide bonds. The van der Waals surface area contributed by atoms with Gasteiger partial charge in [-0.05, 0) is 55.3 Å². The van der Waals surface area contributed by atoms with E-state index < -0.39 is 0 Å². The van der Waals surface area contributed by atoms with Crippen LogP contribution in [0.4, 0.5) is 0 Å². The van der Waals surface area contributed by atoms with E-state index in [0.717, 1.165) is 32.9 Å². The quantitative estimate of drug-likeness (QED) is 0.464. The number of ether oxygens (including phenoxy) is 2. The van der Waals surface area contributed by atoms with Gasteiger partial charge in [-0.2, -0.15) is 5.26 Å². The number of amides is 1. The number of imidazole rings is 1. The average molecular weight is 445 g/mol. The van der Waals surface area contributed by atoms with Crippen molar-refractivity contribution < 1.29 is 14.3 Å². The molecule has 8 heteroatoms. The summed E-state index contributed by atoms with van der Waals surface area (Å²) in [5.41, 5.74) is 4.67. The molecule has 7 nitrogen and oxygen atoms in total. The Hall–Kier alpha value is -3.70. The Balaban J connectivity index is 1.39. The molecule has 5 rings (SSSR count). The van der Waals surface area contributed by atoms with Gasteiger partial charge in [-0.15, -0.1) is 0 Å². The van der Waals surface area contributed by atoms with Crippen molar-refractivity contribution in [1.82, 2.24) is 14.7 Å². The van der Waals surface area contributed by atoms with Crippen LogP contribution >= 0.6 is 11.8 Å². The molecule has 1 aliphatic rings. The van der Waals surface area contributed by atoms with Crippen molar-refractivity contribution in [1.29, 1.82) is 5.26 Å². The van der Waals surface area contributed by atoms with Crippen molar-refractivity contribution in [3.63, 3.8) is 0 Å². The zero-order valence-corrected chi connectivity index (χ0v) is 18.4. The predicted molar refractivity (Wildman–Crippen MR) is 122 cm³/mol. The topological polar surface area (TPSA) is 88.7 Å². The summed E-state index contributed by atoms with van der Waals surface area (Å²) >= 11 is 1.45. The molecule has 1 N–H and O–H groups in total. The third-order valence-corrected chi connectivity index (χ3v) is 6.53. The number of aryl methyl sites for hydroxylation is 1. The Labute approximate surface area is 189 Å². The van der Waals surface area contributed by atoms with E-state index in [1.165, 1.54) is 11.8 Å². The second kappa shape index (κ2) is 8.09. The number of aromatic nitrogens is 2. The number of nitrogens with one attached hydrogen (secondary N) is 1. The maximum atomic E-state index is 12.8. The third kappa shape index (κ3) is 3.51. The Kier molecular flexibility index (Phi) is 5.11. The molecule has 0 radical (unpaired) electrons. The van der Waals surface area contributed by atoms with Gasteiger partial charge in [0.05, 0.1) is 26.9 Å². The molecular weight excluding hydrogens is 424 g/mol. The Bertz CT molecular complexity index is 1410. The van der Waals surface area contributed by atoms with Gasteiger partial charge in [0.15, 0.2) is 17.1 Å². The van der Waals surface area contributed by atoms with Gasteiger partial charge in [-0.3, -0.25) is 9.20 Å². The van der Waals surface area contributed by atoms with Crippen molar-refractivity contribution in [3.05, 3.63) is 65.2 Å². The van der Waals surface area contributed by atoms with Crippen LogP contribution in [0.3, 0.4) is 0 Å². The third-order valence-electron chi connectivity index (χ3n) is 5.42. The first-order valence-electron chi connectivity index (χ1n) is 10.2. The molecule has 4 aromatic rings. The smallest absolute Gasteiger partial charge is 0.233 e. The van der Waals surface area contributed by atoms with E-state index in [9.17, 15) is 10.1 Å². The van der Waals surface area contributed by atoms with Gasteiger partial charge in [0.25, 0.3) is 0 Å². The van der Waals surface area contributed by atoms with Crippen LogP contribution in [0.1, 0.15) is 23.6 Å². The lowest BCUT2D eigenvalue weighted by Crippen LogP contribution is -2.30. The summed E-state index contributed by atoms with van der Waals surface area (Å²) in [6.07, 6.45) is 0. The molecule has 0 aliphatic carbocycles. The summed E-state index contributed by atoms with van der Waals surface area (Å²) in [5, 5.41) is 13.2. The number of fused-ring (bicyclic) bond motifs is 4. The van der Waals surface area contributed by atoms with Crippen molar-refractivity contribution in [2.45, 2.75) is 30.7 Å². The first kappa shape index (κ1) is 20.2. The first-order valence-corrected chi connectivity index (χ1v) is 11.1. The van der Waals surface area contributed by atoms with Crippen LogP contribution in [0.25, 0.3) is 16.7 Å². The number of hydrogen-bond acceptors (Lipinski definition) is 6. The second-order valence-electron chi connectivity index (χ2n) is 7.58. The minimum atomic E-state index is -0.347. The molecule has 1 atom stereocenters. The number of hydrogen-bond donors (Lipinski definition) is 1. The van der Waals surface area contributed by atoms with Crippen LogP contribution < -0.4 is 14.8 Å². The fourth-order valence-corrected chi connectivity index (χ4v) is 4.85. The number of para-hydroxylation sites is 2.